The molecular formula is C23H23NO5S. The number of aromatic hydroxyl groups is 1. The Labute approximate surface area is 179 Å². The van der Waals surface area contributed by atoms with E-state index in [0.717, 1.165) is 16.8 Å². The van der Waals surface area contributed by atoms with E-state index < -0.39 is 5.97 Å². The summed E-state index contributed by atoms with van der Waals surface area (Å²) in [7, 11) is 2.89. The van der Waals surface area contributed by atoms with Crippen LogP contribution >= 0.6 is 11.3 Å². The second-order valence-electron chi connectivity index (χ2n) is 6.46. The zero-order valence-electron chi connectivity index (χ0n) is 17.3. The summed E-state index contributed by atoms with van der Waals surface area (Å²) in [6, 6.07) is 11.3. The Bertz CT molecular complexity index is 1040. The highest BCUT2D eigenvalue weighted by atomic mass is 32.1. The van der Waals surface area contributed by atoms with Gasteiger partial charge in [-0.3, -0.25) is 0 Å². The highest BCUT2D eigenvalue weighted by Crippen LogP contribution is 2.38. The lowest BCUT2D eigenvalue weighted by Crippen LogP contribution is -2.06. The predicted octanol–water partition coefficient (Wildman–Crippen LogP) is 4.95. The third-order valence-electron chi connectivity index (χ3n) is 4.39. The highest BCUT2D eigenvalue weighted by Gasteiger charge is 2.19. The van der Waals surface area contributed by atoms with Gasteiger partial charge in [-0.15, -0.1) is 11.3 Å². The van der Waals surface area contributed by atoms with Crippen LogP contribution in [0.5, 0.6) is 17.2 Å². The van der Waals surface area contributed by atoms with Crippen LogP contribution in [0.2, 0.25) is 0 Å². The number of benzene rings is 2. The van der Waals surface area contributed by atoms with Crippen molar-refractivity contribution in [3.63, 3.8) is 0 Å². The van der Waals surface area contributed by atoms with Gasteiger partial charge in [-0.1, -0.05) is 29.8 Å². The summed E-state index contributed by atoms with van der Waals surface area (Å²) in [5.74, 6) is -0.106. The molecule has 0 aliphatic carbocycles. The smallest absolute Gasteiger partial charge is 0.341 e. The Morgan fingerprint density at radius 2 is 1.77 bits per heavy atom. The van der Waals surface area contributed by atoms with Crippen molar-refractivity contribution in [2.24, 2.45) is 0 Å². The zero-order valence-corrected chi connectivity index (χ0v) is 18.1. The number of hydrogen-bond donors (Lipinski definition) is 1. The third-order valence-corrected chi connectivity index (χ3v) is 5.27. The molecule has 0 atom stereocenters. The van der Waals surface area contributed by atoms with Gasteiger partial charge in [0.25, 0.3) is 0 Å². The van der Waals surface area contributed by atoms with E-state index in [1.54, 1.807) is 25.1 Å². The first kappa shape index (κ1) is 21.4. The molecule has 0 spiro atoms. The van der Waals surface area contributed by atoms with Crippen LogP contribution in [0.3, 0.4) is 0 Å². The normalized spacial score (nSPS) is 11.3. The maximum absolute atomic E-state index is 12.7. The molecule has 2 aromatic carbocycles. The van der Waals surface area contributed by atoms with Gasteiger partial charge in [0.05, 0.1) is 32.1 Å². The van der Waals surface area contributed by atoms with Gasteiger partial charge in [-0.2, -0.15) is 0 Å². The maximum atomic E-state index is 12.7. The van der Waals surface area contributed by atoms with Crippen molar-refractivity contribution in [1.29, 1.82) is 0 Å². The third kappa shape index (κ3) is 4.63. The SMILES string of the molecule is CCOC(=O)C(=Cc1cc(OC)c(O)c(OC)c1)c1nc(-c2ccc(C)cc2)cs1. The number of phenols is 1. The van der Waals surface area contributed by atoms with Crippen molar-refractivity contribution < 1.29 is 24.1 Å². The number of methoxy groups -OCH3 is 2. The summed E-state index contributed by atoms with van der Waals surface area (Å²) < 4.78 is 15.7. The van der Waals surface area contributed by atoms with Crippen LogP contribution in [0.4, 0.5) is 0 Å². The lowest BCUT2D eigenvalue weighted by atomic mass is 10.1. The van der Waals surface area contributed by atoms with Gasteiger partial charge >= 0.3 is 5.97 Å². The molecule has 6 nitrogen and oxygen atoms in total. The molecule has 0 fully saturated rings. The molecule has 1 N–H and O–H groups in total. The quantitative estimate of drug-likeness (QED) is 0.426. The van der Waals surface area contributed by atoms with Gasteiger partial charge in [-0.05, 0) is 37.6 Å². The number of phenolic OH excluding ortho intramolecular Hbond substituents is 1. The van der Waals surface area contributed by atoms with Gasteiger partial charge in [0, 0.05) is 10.9 Å². The van der Waals surface area contributed by atoms with E-state index in [4.69, 9.17) is 14.2 Å². The Morgan fingerprint density at radius 1 is 1.13 bits per heavy atom. The van der Waals surface area contributed by atoms with Gasteiger partial charge in [0.2, 0.25) is 5.75 Å². The molecule has 0 aliphatic rings. The van der Waals surface area contributed by atoms with E-state index in [9.17, 15) is 9.90 Å². The molecule has 0 radical (unpaired) electrons. The summed E-state index contributed by atoms with van der Waals surface area (Å²) in [4.78, 5) is 17.3. The summed E-state index contributed by atoms with van der Waals surface area (Å²) in [5.41, 5.74) is 3.84. The average Bonchev–Trinajstić information content (AvgIpc) is 3.23. The minimum atomic E-state index is -0.478. The molecule has 0 bridgehead atoms. The molecule has 7 heteroatoms. The van der Waals surface area contributed by atoms with Gasteiger partial charge in [0.15, 0.2) is 11.5 Å². The van der Waals surface area contributed by atoms with E-state index in [2.05, 4.69) is 4.98 Å². The summed E-state index contributed by atoms with van der Waals surface area (Å²) >= 11 is 1.36. The first-order chi connectivity index (χ1) is 14.5. The number of carbonyl (C=O) groups is 1. The average molecular weight is 426 g/mol. The molecule has 0 aliphatic heterocycles. The van der Waals surface area contributed by atoms with Crippen LogP contribution < -0.4 is 9.47 Å². The van der Waals surface area contributed by atoms with Crippen LogP contribution in [0.1, 0.15) is 23.1 Å². The van der Waals surface area contributed by atoms with E-state index in [-0.39, 0.29) is 23.9 Å². The molecular weight excluding hydrogens is 402 g/mol. The molecule has 1 heterocycles. The number of rotatable bonds is 7. The molecule has 0 unspecified atom stereocenters. The minimum Gasteiger partial charge on any atom is -0.502 e. The Hall–Kier alpha value is -3.32. The van der Waals surface area contributed by atoms with E-state index in [0.29, 0.717) is 16.1 Å². The molecule has 0 amide bonds. The monoisotopic (exact) mass is 425 g/mol. The largest absolute Gasteiger partial charge is 0.502 e. The van der Waals surface area contributed by atoms with Crippen molar-refractivity contribution in [2.45, 2.75) is 13.8 Å². The van der Waals surface area contributed by atoms with Gasteiger partial charge in [-0.25, -0.2) is 9.78 Å². The van der Waals surface area contributed by atoms with Crippen molar-refractivity contribution in [1.82, 2.24) is 4.98 Å². The lowest BCUT2D eigenvalue weighted by molar-refractivity contribution is -0.136. The standard InChI is InChI=1S/C23H23NO5S/c1-5-29-23(26)17(10-15-11-19(27-3)21(25)20(12-15)28-4)22-24-18(13-30-22)16-8-6-14(2)7-9-16/h6-13,25H,5H2,1-4H3. The maximum Gasteiger partial charge on any atom is 0.341 e. The summed E-state index contributed by atoms with van der Waals surface area (Å²) in [6.45, 7) is 4.02. The molecule has 3 rings (SSSR count). The second kappa shape index (κ2) is 9.45. The van der Waals surface area contributed by atoms with Crippen molar-refractivity contribution in [2.75, 3.05) is 20.8 Å². The molecule has 3 aromatic rings. The van der Waals surface area contributed by atoms with E-state index in [1.165, 1.54) is 25.6 Å². The zero-order chi connectivity index (χ0) is 21.7. The second-order valence-corrected chi connectivity index (χ2v) is 7.31. The fraction of sp³-hybridized carbons (Fsp3) is 0.217. The molecule has 30 heavy (non-hydrogen) atoms. The minimum absolute atomic E-state index is 0.106. The number of carbonyl (C=O) groups excluding carboxylic acids is 1. The number of nitrogens with zero attached hydrogens (tertiary/aromatic N) is 1. The number of ether oxygens (including phenoxy) is 3. The lowest BCUT2D eigenvalue weighted by Gasteiger charge is -2.10. The Kier molecular flexibility index (Phi) is 6.74. The molecule has 156 valence electrons. The van der Waals surface area contributed by atoms with Crippen LogP contribution in [0.15, 0.2) is 41.8 Å². The molecule has 0 saturated carbocycles. The van der Waals surface area contributed by atoms with Crippen molar-refractivity contribution >= 4 is 29.0 Å². The first-order valence-electron chi connectivity index (χ1n) is 9.33. The van der Waals surface area contributed by atoms with Gasteiger partial charge in [0.1, 0.15) is 5.01 Å². The number of hydrogen-bond acceptors (Lipinski definition) is 7. The first-order valence-corrected chi connectivity index (χ1v) is 10.2. The topological polar surface area (TPSA) is 77.9 Å². The molecule has 1 aromatic heterocycles. The number of aryl methyl sites for hydroxylation is 1. The predicted molar refractivity (Wildman–Crippen MR) is 118 cm³/mol. The number of aromatic nitrogens is 1. The van der Waals surface area contributed by atoms with E-state index in [1.807, 2.05) is 36.6 Å². The van der Waals surface area contributed by atoms with Crippen LogP contribution in [0, 0.1) is 6.92 Å². The van der Waals surface area contributed by atoms with Crippen LogP contribution in [0.25, 0.3) is 22.9 Å². The Morgan fingerprint density at radius 3 is 2.33 bits per heavy atom. The van der Waals surface area contributed by atoms with E-state index >= 15 is 0 Å². The van der Waals surface area contributed by atoms with Crippen LogP contribution in [-0.2, 0) is 9.53 Å². The van der Waals surface area contributed by atoms with Gasteiger partial charge < -0.3 is 19.3 Å². The highest BCUT2D eigenvalue weighted by molar-refractivity contribution is 7.11. The summed E-state index contributed by atoms with van der Waals surface area (Å²) in [5, 5.41) is 12.6. The number of thiazole rings is 1. The van der Waals surface area contributed by atoms with Crippen molar-refractivity contribution in [3.8, 4) is 28.5 Å². The van der Waals surface area contributed by atoms with Crippen molar-refractivity contribution in [3.05, 3.63) is 57.9 Å². The van der Waals surface area contributed by atoms with Crippen LogP contribution in [-0.4, -0.2) is 36.9 Å². The summed E-state index contributed by atoms with van der Waals surface area (Å²) in [6.07, 6.45) is 1.65. The fourth-order valence-electron chi connectivity index (χ4n) is 2.83. The fourth-order valence-corrected chi connectivity index (χ4v) is 3.67. The Balaban J connectivity index is 2.06. The number of esters is 1. The molecule has 0 saturated heterocycles.